The van der Waals surface area contributed by atoms with Crippen LogP contribution < -0.4 is 5.73 Å². The minimum atomic E-state index is 0.482. The van der Waals surface area contributed by atoms with Crippen molar-refractivity contribution in [1.29, 1.82) is 0 Å². The van der Waals surface area contributed by atoms with Gasteiger partial charge >= 0.3 is 0 Å². The zero-order valence-electron chi connectivity index (χ0n) is 14.2. The van der Waals surface area contributed by atoms with Crippen LogP contribution in [0.4, 0.5) is 0 Å². The maximum absolute atomic E-state index is 6.06. The molecular weight excluding hydrogens is 244 g/mol. The number of nitrogens with two attached hydrogens (primary N) is 1. The molecule has 0 aromatic carbocycles. The Kier molecular flexibility index (Phi) is 5.53. The van der Waals surface area contributed by atoms with Crippen LogP contribution in [0, 0.1) is 11.3 Å². The van der Waals surface area contributed by atoms with Crippen molar-refractivity contribution < 1.29 is 0 Å². The zero-order valence-corrected chi connectivity index (χ0v) is 14.2. The molecular formula is C18H36N2. The third-order valence-corrected chi connectivity index (χ3v) is 5.95. The van der Waals surface area contributed by atoms with E-state index in [1.165, 1.54) is 51.4 Å². The summed E-state index contributed by atoms with van der Waals surface area (Å²) in [5.41, 5.74) is 6.54. The van der Waals surface area contributed by atoms with Crippen LogP contribution in [0.25, 0.3) is 0 Å². The Hall–Kier alpha value is -0.0800. The first-order valence-corrected chi connectivity index (χ1v) is 8.91. The molecule has 2 heteroatoms. The molecule has 0 bridgehead atoms. The summed E-state index contributed by atoms with van der Waals surface area (Å²) >= 11 is 0. The fourth-order valence-electron chi connectivity index (χ4n) is 4.65. The molecule has 0 aromatic rings. The van der Waals surface area contributed by atoms with E-state index >= 15 is 0 Å². The van der Waals surface area contributed by atoms with Crippen molar-refractivity contribution in [2.45, 2.75) is 97.2 Å². The summed E-state index contributed by atoms with van der Waals surface area (Å²) in [7, 11) is 0. The summed E-state index contributed by atoms with van der Waals surface area (Å²) < 4.78 is 0. The molecule has 2 aliphatic rings. The van der Waals surface area contributed by atoms with Crippen molar-refractivity contribution in [2.24, 2.45) is 17.1 Å². The van der Waals surface area contributed by atoms with Gasteiger partial charge in [-0.25, -0.2) is 0 Å². The zero-order chi connectivity index (χ0) is 14.8. The van der Waals surface area contributed by atoms with Crippen molar-refractivity contribution in [3.05, 3.63) is 0 Å². The highest BCUT2D eigenvalue weighted by Gasteiger charge is 2.35. The van der Waals surface area contributed by atoms with Gasteiger partial charge in [-0.15, -0.1) is 0 Å². The second-order valence-corrected chi connectivity index (χ2v) is 8.34. The molecule has 1 aliphatic carbocycles. The largest absolute Gasteiger partial charge is 0.329 e. The Morgan fingerprint density at radius 2 is 1.65 bits per heavy atom. The molecule has 1 heterocycles. The molecule has 1 saturated heterocycles. The Labute approximate surface area is 126 Å². The maximum atomic E-state index is 6.06. The minimum Gasteiger partial charge on any atom is -0.329 e. The van der Waals surface area contributed by atoms with Gasteiger partial charge in [-0.05, 0) is 56.8 Å². The van der Waals surface area contributed by atoms with Gasteiger partial charge in [0.1, 0.15) is 0 Å². The number of hydrogen-bond acceptors (Lipinski definition) is 2. The Bertz CT molecular complexity index is 294. The molecule has 0 aromatic heterocycles. The molecule has 20 heavy (non-hydrogen) atoms. The number of rotatable bonds is 2. The van der Waals surface area contributed by atoms with E-state index in [-0.39, 0.29) is 0 Å². The molecule has 1 aliphatic heterocycles. The lowest BCUT2D eigenvalue weighted by molar-refractivity contribution is 0.0415. The summed E-state index contributed by atoms with van der Waals surface area (Å²) in [5, 5.41) is 0. The second-order valence-electron chi connectivity index (χ2n) is 8.34. The highest BCUT2D eigenvalue weighted by molar-refractivity contribution is 4.90. The van der Waals surface area contributed by atoms with E-state index in [1.54, 1.807) is 0 Å². The van der Waals surface area contributed by atoms with Gasteiger partial charge in [-0.3, -0.25) is 4.90 Å². The molecule has 2 fully saturated rings. The average molecular weight is 281 g/mol. The standard InChI is InChI=1S/C18H36N2/c1-14-7-5-10-17(13-19)20(14)16-9-6-8-15(11-12-16)18(2,3)4/h14-17H,5-13,19H2,1-4H3. The molecule has 2 rings (SSSR count). The Morgan fingerprint density at radius 1 is 0.950 bits per heavy atom. The van der Waals surface area contributed by atoms with Crippen LogP contribution in [0.5, 0.6) is 0 Å². The van der Waals surface area contributed by atoms with Crippen LogP contribution in [-0.4, -0.2) is 29.6 Å². The monoisotopic (exact) mass is 280 g/mol. The van der Waals surface area contributed by atoms with Gasteiger partial charge in [0.2, 0.25) is 0 Å². The van der Waals surface area contributed by atoms with Crippen molar-refractivity contribution >= 4 is 0 Å². The normalized spacial score (nSPS) is 37.6. The molecule has 0 radical (unpaired) electrons. The summed E-state index contributed by atoms with van der Waals surface area (Å²) in [6.45, 7) is 10.5. The summed E-state index contributed by atoms with van der Waals surface area (Å²) in [5.74, 6) is 0.906. The number of likely N-dealkylation sites (tertiary alicyclic amines) is 1. The van der Waals surface area contributed by atoms with E-state index in [4.69, 9.17) is 5.73 Å². The topological polar surface area (TPSA) is 29.3 Å². The molecule has 0 spiro atoms. The molecule has 0 amide bonds. The van der Waals surface area contributed by atoms with E-state index in [0.29, 0.717) is 11.5 Å². The van der Waals surface area contributed by atoms with Crippen molar-refractivity contribution in [1.82, 2.24) is 4.90 Å². The number of hydrogen-bond donors (Lipinski definition) is 1. The minimum absolute atomic E-state index is 0.482. The van der Waals surface area contributed by atoms with Gasteiger partial charge < -0.3 is 5.73 Å². The van der Waals surface area contributed by atoms with E-state index in [9.17, 15) is 0 Å². The lowest BCUT2D eigenvalue weighted by atomic mass is 9.76. The van der Waals surface area contributed by atoms with Gasteiger partial charge in [-0.1, -0.05) is 33.6 Å². The van der Waals surface area contributed by atoms with E-state index in [2.05, 4.69) is 32.6 Å². The first-order chi connectivity index (χ1) is 9.43. The molecule has 2 N–H and O–H groups in total. The second kappa shape index (κ2) is 6.79. The quantitative estimate of drug-likeness (QED) is 0.769. The Morgan fingerprint density at radius 3 is 2.30 bits per heavy atom. The van der Waals surface area contributed by atoms with E-state index in [0.717, 1.165) is 24.5 Å². The molecule has 4 unspecified atom stereocenters. The number of nitrogens with zero attached hydrogens (tertiary/aromatic N) is 1. The van der Waals surface area contributed by atoms with E-state index < -0.39 is 0 Å². The number of piperidine rings is 1. The Balaban J connectivity index is 2.01. The van der Waals surface area contributed by atoms with Gasteiger partial charge in [0.25, 0.3) is 0 Å². The molecule has 4 atom stereocenters. The first kappa shape index (κ1) is 16.3. The SMILES string of the molecule is CC1CCCC(CN)N1C1CCCC(C(C)(C)C)CC1. The van der Waals surface area contributed by atoms with Gasteiger partial charge in [0, 0.05) is 24.7 Å². The predicted octanol–water partition coefficient (Wildman–Crippen LogP) is 4.18. The van der Waals surface area contributed by atoms with Crippen LogP contribution in [0.3, 0.4) is 0 Å². The highest BCUT2D eigenvalue weighted by atomic mass is 15.2. The lowest BCUT2D eigenvalue weighted by Crippen LogP contribution is -2.53. The van der Waals surface area contributed by atoms with Crippen molar-refractivity contribution in [3.8, 4) is 0 Å². The molecule has 1 saturated carbocycles. The lowest BCUT2D eigenvalue weighted by Gasteiger charge is -2.45. The summed E-state index contributed by atoms with van der Waals surface area (Å²) in [6.07, 6.45) is 11.1. The molecule has 118 valence electrons. The fourth-order valence-corrected chi connectivity index (χ4v) is 4.65. The van der Waals surface area contributed by atoms with Crippen molar-refractivity contribution in [3.63, 3.8) is 0 Å². The summed E-state index contributed by atoms with van der Waals surface area (Å²) in [6, 6.07) is 2.19. The average Bonchev–Trinajstić information content (AvgIpc) is 2.63. The van der Waals surface area contributed by atoms with Crippen LogP contribution >= 0.6 is 0 Å². The van der Waals surface area contributed by atoms with Crippen LogP contribution in [0.2, 0.25) is 0 Å². The van der Waals surface area contributed by atoms with E-state index in [1.807, 2.05) is 0 Å². The van der Waals surface area contributed by atoms with Gasteiger partial charge in [0.15, 0.2) is 0 Å². The van der Waals surface area contributed by atoms with Gasteiger partial charge in [0.05, 0.1) is 0 Å². The first-order valence-electron chi connectivity index (χ1n) is 8.91. The maximum Gasteiger partial charge on any atom is 0.0224 e. The van der Waals surface area contributed by atoms with Crippen LogP contribution in [0.1, 0.15) is 79.1 Å². The fraction of sp³-hybridized carbons (Fsp3) is 1.00. The van der Waals surface area contributed by atoms with Gasteiger partial charge in [-0.2, -0.15) is 0 Å². The third kappa shape index (κ3) is 3.76. The third-order valence-electron chi connectivity index (χ3n) is 5.95. The van der Waals surface area contributed by atoms with Crippen molar-refractivity contribution in [2.75, 3.05) is 6.54 Å². The molecule has 2 nitrogen and oxygen atoms in total. The summed E-state index contributed by atoms with van der Waals surface area (Å²) in [4.78, 5) is 2.81. The van der Waals surface area contributed by atoms with Crippen LogP contribution in [0.15, 0.2) is 0 Å². The predicted molar refractivity (Wildman–Crippen MR) is 87.8 cm³/mol. The highest BCUT2D eigenvalue weighted by Crippen LogP contribution is 2.39. The smallest absolute Gasteiger partial charge is 0.0224 e. The van der Waals surface area contributed by atoms with Crippen LogP contribution in [-0.2, 0) is 0 Å².